The maximum absolute atomic E-state index is 12.0. The van der Waals surface area contributed by atoms with Crippen molar-refractivity contribution in [2.45, 2.75) is 64.9 Å². The van der Waals surface area contributed by atoms with E-state index < -0.39 is 29.4 Å². The fourth-order valence-corrected chi connectivity index (χ4v) is 3.43. The largest absolute Gasteiger partial charge is 0.494 e. The zero-order valence-electron chi connectivity index (χ0n) is 17.7. The van der Waals surface area contributed by atoms with Crippen LogP contribution in [0.1, 0.15) is 58.3 Å². The summed E-state index contributed by atoms with van der Waals surface area (Å²) in [7, 11) is 0. The number of aliphatic carboxylic acids is 1. The van der Waals surface area contributed by atoms with E-state index in [1.807, 2.05) is 6.92 Å². The zero-order valence-corrected chi connectivity index (χ0v) is 17.7. The quantitative estimate of drug-likeness (QED) is 0.634. The number of carboxylic acids is 1. The average molecular weight is 409 g/mol. The SMILES string of the molecule is CCOc1ccc(C(O)C2(C(=O)O)OCCC2C)cc1CNC(=O)OC(C)(C)C. The van der Waals surface area contributed by atoms with E-state index in [2.05, 4.69) is 5.32 Å². The number of alkyl carbamates (subject to hydrolysis) is 1. The lowest BCUT2D eigenvalue weighted by Crippen LogP contribution is -2.48. The van der Waals surface area contributed by atoms with Crippen LogP contribution >= 0.6 is 0 Å². The number of carboxylic acid groups (broad SMARTS) is 1. The van der Waals surface area contributed by atoms with Crippen molar-refractivity contribution >= 4 is 12.1 Å². The van der Waals surface area contributed by atoms with Crippen LogP contribution in [0, 0.1) is 5.92 Å². The first-order valence-corrected chi connectivity index (χ1v) is 9.79. The fourth-order valence-electron chi connectivity index (χ4n) is 3.43. The van der Waals surface area contributed by atoms with Crippen molar-refractivity contribution in [2.75, 3.05) is 13.2 Å². The van der Waals surface area contributed by atoms with Crippen LogP contribution in [0.4, 0.5) is 4.79 Å². The van der Waals surface area contributed by atoms with Gasteiger partial charge in [-0.05, 0) is 51.8 Å². The summed E-state index contributed by atoms with van der Waals surface area (Å²) in [5, 5.41) is 23.4. The van der Waals surface area contributed by atoms with Gasteiger partial charge in [0, 0.05) is 24.6 Å². The summed E-state index contributed by atoms with van der Waals surface area (Å²) in [6, 6.07) is 4.90. The number of hydrogen-bond donors (Lipinski definition) is 3. The van der Waals surface area contributed by atoms with Crippen LogP contribution in [0.15, 0.2) is 18.2 Å². The number of aliphatic hydroxyl groups is 1. The monoisotopic (exact) mass is 409 g/mol. The summed E-state index contributed by atoms with van der Waals surface area (Å²) in [5.41, 5.74) is -1.36. The summed E-state index contributed by atoms with van der Waals surface area (Å²) >= 11 is 0. The van der Waals surface area contributed by atoms with Gasteiger partial charge in [-0.1, -0.05) is 13.0 Å². The molecule has 0 aromatic heterocycles. The lowest BCUT2D eigenvalue weighted by molar-refractivity contribution is -0.180. The van der Waals surface area contributed by atoms with Crippen LogP contribution in [-0.4, -0.2) is 46.7 Å². The van der Waals surface area contributed by atoms with Crippen LogP contribution < -0.4 is 10.1 Å². The molecule has 3 atom stereocenters. The van der Waals surface area contributed by atoms with Gasteiger partial charge in [0.2, 0.25) is 0 Å². The number of ether oxygens (including phenoxy) is 3. The molecule has 1 amide bonds. The number of benzene rings is 1. The Bertz CT molecular complexity index is 743. The van der Waals surface area contributed by atoms with Gasteiger partial charge in [-0.3, -0.25) is 0 Å². The van der Waals surface area contributed by atoms with Gasteiger partial charge in [0.1, 0.15) is 17.5 Å². The molecule has 0 bridgehead atoms. The van der Waals surface area contributed by atoms with Crippen molar-refractivity contribution in [3.8, 4) is 5.75 Å². The lowest BCUT2D eigenvalue weighted by atomic mass is 9.80. The number of carbonyl (C=O) groups excluding carboxylic acids is 1. The van der Waals surface area contributed by atoms with E-state index in [0.717, 1.165) is 0 Å². The van der Waals surface area contributed by atoms with E-state index in [4.69, 9.17) is 14.2 Å². The first-order chi connectivity index (χ1) is 13.5. The average Bonchev–Trinajstić information content (AvgIpc) is 3.01. The van der Waals surface area contributed by atoms with Gasteiger partial charge in [0.15, 0.2) is 5.60 Å². The lowest BCUT2D eigenvalue weighted by Gasteiger charge is -2.33. The van der Waals surface area contributed by atoms with Crippen LogP contribution in [0.5, 0.6) is 5.75 Å². The molecule has 0 aliphatic carbocycles. The van der Waals surface area contributed by atoms with Gasteiger partial charge in [0.25, 0.3) is 0 Å². The third kappa shape index (κ3) is 5.19. The van der Waals surface area contributed by atoms with E-state index >= 15 is 0 Å². The highest BCUT2D eigenvalue weighted by atomic mass is 16.6. The maximum atomic E-state index is 12.0. The van der Waals surface area contributed by atoms with E-state index in [1.165, 1.54) is 0 Å². The zero-order chi connectivity index (χ0) is 21.8. The molecule has 1 aliphatic rings. The van der Waals surface area contributed by atoms with E-state index in [-0.39, 0.29) is 19.1 Å². The molecule has 162 valence electrons. The third-order valence-electron chi connectivity index (χ3n) is 4.89. The Morgan fingerprint density at radius 2 is 2.07 bits per heavy atom. The molecule has 1 aromatic rings. The topological polar surface area (TPSA) is 114 Å². The normalized spacial score (nSPS) is 22.8. The Labute approximate surface area is 171 Å². The molecule has 0 radical (unpaired) electrons. The Kier molecular flexibility index (Phi) is 7.13. The van der Waals surface area contributed by atoms with Crippen molar-refractivity contribution in [1.29, 1.82) is 0 Å². The van der Waals surface area contributed by atoms with Gasteiger partial charge >= 0.3 is 12.1 Å². The highest BCUT2D eigenvalue weighted by molar-refractivity contribution is 5.79. The second-order valence-corrected chi connectivity index (χ2v) is 8.19. The molecule has 2 rings (SSSR count). The minimum atomic E-state index is -1.71. The number of aliphatic hydroxyl groups excluding tert-OH is 1. The van der Waals surface area contributed by atoms with E-state index in [1.54, 1.807) is 45.9 Å². The highest BCUT2D eigenvalue weighted by Gasteiger charge is 2.55. The van der Waals surface area contributed by atoms with Crippen LogP contribution in [0.25, 0.3) is 0 Å². The predicted molar refractivity (Wildman–Crippen MR) is 106 cm³/mol. The van der Waals surface area contributed by atoms with Crippen molar-refractivity contribution in [3.63, 3.8) is 0 Å². The predicted octanol–water partition coefficient (Wildman–Crippen LogP) is 3.02. The molecule has 0 spiro atoms. The van der Waals surface area contributed by atoms with Crippen LogP contribution in [-0.2, 0) is 20.8 Å². The molecule has 1 fully saturated rings. The standard InChI is InChI=1S/C21H31NO7/c1-6-27-16-8-7-14(11-15(16)12-22-19(26)29-20(3,4)5)17(23)21(18(24)25)13(2)9-10-28-21/h7-8,11,13,17,23H,6,9-10,12H2,1-5H3,(H,22,26)(H,24,25). The maximum Gasteiger partial charge on any atom is 0.407 e. The van der Waals surface area contributed by atoms with Crippen molar-refractivity contribution in [3.05, 3.63) is 29.3 Å². The number of nitrogens with one attached hydrogen (secondary N) is 1. The Morgan fingerprint density at radius 1 is 1.38 bits per heavy atom. The minimum Gasteiger partial charge on any atom is -0.494 e. The molecule has 1 aliphatic heterocycles. The summed E-state index contributed by atoms with van der Waals surface area (Å²) in [6.45, 7) is 9.68. The summed E-state index contributed by atoms with van der Waals surface area (Å²) in [4.78, 5) is 24.0. The van der Waals surface area contributed by atoms with Gasteiger partial charge in [-0.15, -0.1) is 0 Å². The number of carbonyl (C=O) groups is 2. The summed E-state index contributed by atoms with van der Waals surface area (Å²) in [6.07, 6.45) is -1.40. The van der Waals surface area contributed by atoms with Gasteiger partial charge in [0.05, 0.1) is 6.61 Å². The van der Waals surface area contributed by atoms with Crippen molar-refractivity contribution < 1.29 is 34.0 Å². The molecule has 1 aromatic carbocycles. The highest BCUT2D eigenvalue weighted by Crippen LogP contribution is 2.43. The minimum absolute atomic E-state index is 0.0985. The second-order valence-electron chi connectivity index (χ2n) is 8.19. The van der Waals surface area contributed by atoms with Crippen molar-refractivity contribution in [2.24, 2.45) is 5.92 Å². The fraction of sp³-hybridized carbons (Fsp3) is 0.619. The number of hydrogen-bond acceptors (Lipinski definition) is 6. The Morgan fingerprint density at radius 3 is 2.59 bits per heavy atom. The van der Waals surface area contributed by atoms with E-state index in [0.29, 0.717) is 29.9 Å². The molecular formula is C21H31NO7. The van der Waals surface area contributed by atoms with Gasteiger partial charge < -0.3 is 29.7 Å². The summed E-state index contributed by atoms with van der Waals surface area (Å²) < 4.78 is 16.4. The number of rotatable bonds is 7. The smallest absolute Gasteiger partial charge is 0.407 e. The molecular weight excluding hydrogens is 378 g/mol. The molecule has 1 saturated heterocycles. The molecule has 3 N–H and O–H groups in total. The second kappa shape index (κ2) is 9.00. The Hall–Kier alpha value is -2.32. The summed E-state index contributed by atoms with van der Waals surface area (Å²) in [5.74, 6) is -1.02. The molecule has 3 unspecified atom stereocenters. The van der Waals surface area contributed by atoms with Crippen LogP contribution in [0.2, 0.25) is 0 Å². The van der Waals surface area contributed by atoms with Gasteiger partial charge in [-0.2, -0.15) is 0 Å². The number of amides is 1. The van der Waals surface area contributed by atoms with Crippen molar-refractivity contribution in [1.82, 2.24) is 5.32 Å². The van der Waals surface area contributed by atoms with Gasteiger partial charge in [-0.25, -0.2) is 9.59 Å². The van der Waals surface area contributed by atoms with Crippen LogP contribution in [0.3, 0.4) is 0 Å². The molecule has 1 heterocycles. The molecule has 0 saturated carbocycles. The molecule has 29 heavy (non-hydrogen) atoms. The molecule has 8 heteroatoms. The van der Waals surface area contributed by atoms with E-state index in [9.17, 15) is 19.8 Å². The first kappa shape index (κ1) is 23.0. The Balaban J connectivity index is 2.29. The first-order valence-electron chi connectivity index (χ1n) is 9.79. The third-order valence-corrected chi connectivity index (χ3v) is 4.89. The molecule has 8 nitrogen and oxygen atoms in total.